The molecule has 3 aromatic rings. The first kappa shape index (κ1) is 14.0. The highest BCUT2D eigenvalue weighted by atomic mass is 32.2. The molecule has 23 heavy (non-hydrogen) atoms. The number of anilines is 2. The van der Waals surface area contributed by atoms with Gasteiger partial charge >= 0.3 is 0 Å². The number of hydrazine groups is 1. The molecule has 0 radical (unpaired) electrons. The molecule has 0 spiro atoms. The fourth-order valence-corrected chi connectivity index (χ4v) is 3.65. The lowest BCUT2D eigenvalue weighted by atomic mass is 10.0. The summed E-state index contributed by atoms with van der Waals surface area (Å²) in [5.74, 6) is 0.816. The summed E-state index contributed by atoms with van der Waals surface area (Å²) in [5.41, 5.74) is 9.06. The Morgan fingerprint density at radius 1 is 0.957 bits per heavy atom. The molecular formula is C18H14N2O2S. The SMILES string of the molecule is COc1ccc(NNc2ccc3c4c(cccc24)C(=O)S3)cc1. The summed E-state index contributed by atoms with van der Waals surface area (Å²) in [4.78, 5) is 13.0. The molecule has 1 heterocycles. The van der Waals surface area contributed by atoms with Crippen molar-refractivity contribution >= 4 is 39.0 Å². The van der Waals surface area contributed by atoms with Gasteiger partial charge in [0.2, 0.25) is 5.12 Å². The number of thioether (sulfide) groups is 1. The van der Waals surface area contributed by atoms with E-state index >= 15 is 0 Å². The number of nitrogens with one attached hydrogen (secondary N) is 2. The average Bonchev–Trinajstić information content (AvgIpc) is 2.93. The van der Waals surface area contributed by atoms with Crippen molar-refractivity contribution in [2.75, 3.05) is 18.0 Å². The Hall–Kier alpha value is -2.66. The predicted octanol–water partition coefficient (Wildman–Crippen LogP) is 4.53. The number of carbonyl (C=O) groups is 1. The van der Waals surface area contributed by atoms with E-state index in [0.29, 0.717) is 0 Å². The molecule has 1 aliphatic heterocycles. The maximum atomic E-state index is 12.0. The molecule has 2 N–H and O–H groups in total. The normalized spacial score (nSPS) is 12.5. The summed E-state index contributed by atoms with van der Waals surface area (Å²) >= 11 is 1.30. The van der Waals surface area contributed by atoms with Gasteiger partial charge in [-0.15, -0.1) is 0 Å². The second-order valence-electron chi connectivity index (χ2n) is 5.21. The Morgan fingerprint density at radius 2 is 1.78 bits per heavy atom. The zero-order valence-corrected chi connectivity index (χ0v) is 13.2. The molecule has 114 valence electrons. The van der Waals surface area contributed by atoms with E-state index in [4.69, 9.17) is 4.74 Å². The van der Waals surface area contributed by atoms with Crippen LogP contribution in [0.25, 0.3) is 10.8 Å². The van der Waals surface area contributed by atoms with Crippen LogP contribution in [0.1, 0.15) is 10.4 Å². The average molecular weight is 322 g/mol. The second kappa shape index (κ2) is 5.52. The maximum absolute atomic E-state index is 12.0. The van der Waals surface area contributed by atoms with Gasteiger partial charge in [0.05, 0.1) is 18.5 Å². The minimum absolute atomic E-state index is 0.117. The van der Waals surface area contributed by atoms with Crippen LogP contribution in [0.2, 0.25) is 0 Å². The lowest BCUT2D eigenvalue weighted by Gasteiger charge is -2.13. The molecule has 5 heteroatoms. The van der Waals surface area contributed by atoms with Crippen LogP contribution in [0, 0.1) is 0 Å². The summed E-state index contributed by atoms with van der Waals surface area (Å²) < 4.78 is 5.15. The van der Waals surface area contributed by atoms with Crippen LogP contribution in [-0.2, 0) is 0 Å². The number of hydrogen-bond acceptors (Lipinski definition) is 5. The van der Waals surface area contributed by atoms with Crippen LogP contribution in [0.3, 0.4) is 0 Å². The van der Waals surface area contributed by atoms with Crippen LogP contribution < -0.4 is 15.6 Å². The van der Waals surface area contributed by atoms with Crippen molar-refractivity contribution in [3.63, 3.8) is 0 Å². The van der Waals surface area contributed by atoms with Crippen molar-refractivity contribution in [1.29, 1.82) is 0 Å². The van der Waals surface area contributed by atoms with Gasteiger partial charge in [-0.2, -0.15) is 0 Å². The number of methoxy groups -OCH3 is 1. The van der Waals surface area contributed by atoms with Gasteiger partial charge in [0.1, 0.15) is 5.75 Å². The molecule has 0 aliphatic carbocycles. The molecule has 0 saturated carbocycles. The number of hydrogen-bond donors (Lipinski definition) is 2. The minimum atomic E-state index is 0.117. The van der Waals surface area contributed by atoms with Crippen molar-refractivity contribution in [1.82, 2.24) is 0 Å². The van der Waals surface area contributed by atoms with Gasteiger partial charge in [0, 0.05) is 21.2 Å². The largest absolute Gasteiger partial charge is 0.497 e. The highest BCUT2D eigenvalue weighted by Gasteiger charge is 2.23. The summed E-state index contributed by atoms with van der Waals surface area (Å²) in [5, 5.41) is 2.19. The highest BCUT2D eigenvalue weighted by Crippen LogP contribution is 2.42. The zero-order chi connectivity index (χ0) is 15.8. The van der Waals surface area contributed by atoms with E-state index in [0.717, 1.165) is 38.4 Å². The molecule has 1 aliphatic rings. The predicted molar refractivity (Wildman–Crippen MR) is 94.4 cm³/mol. The van der Waals surface area contributed by atoms with Crippen molar-refractivity contribution in [2.24, 2.45) is 0 Å². The number of carbonyl (C=O) groups excluding carboxylic acids is 1. The monoisotopic (exact) mass is 322 g/mol. The Labute approximate surface area is 137 Å². The molecule has 0 fully saturated rings. The van der Waals surface area contributed by atoms with Gasteiger partial charge in [-0.05, 0) is 54.2 Å². The fraction of sp³-hybridized carbons (Fsp3) is 0.0556. The first-order valence-electron chi connectivity index (χ1n) is 7.20. The standard InChI is InChI=1S/C18H14N2O2S/c1-22-12-7-5-11(6-8-12)19-20-15-9-10-16-17-13(15)3-2-4-14(17)18(21)23-16/h2-10,19-20H,1H3. The molecule has 0 unspecified atom stereocenters. The van der Waals surface area contributed by atoms with E-state index in [1.165, 1.54) is 11.8 Å². The molecule has 0 aromatic heterocycles. The summed E-state index contributed by atoms with van der Waals surface area (Å²) in [6, 6.07) is 17.5. The van der Waals surface area contributed by atoms with Crippen LogP contribution >= 0.6 is 11.8 Å². The van der Waals surface area contributed by atoms with Crippen LogP contribution in [-0.4, -0.2) is 12.2 Å². The first-order valence-corrected chi connectivity index (χ1v) is 8.02. The van der Waals surface area contributed by atoms with Gasteiger partial charge in [0.15, 0.2) is 0 Å². The zero-order valence-electron chi connectivity index (χ0n) is 12.4. The maximum Gasteiger partial charge on any atom is 0.224 e. The van der Waals surface area contributed by atoms with Gasteiger partial charge in [-0.1, -0.05) is 12.1 Å². The van der Waals surface area contributed by atoms with E-state index < -0.39 is 0 Å². The third-order valence-electron chi connectivity index (χ3n) is 3.86. The molecule has 0 amide bonds. The third kappa shape index (κ3) is 2.39. The topological polar surface area (TPSA) is 50.4 Å². The molecular weight excluding hydrogens is 308 g/mol. The van der Waals surface area contributed by atoms with Gasteiger partial charge < -0.3 is 15.6 Å². The fourth-order valence-electron chi connectivity index (χ4n) is 2.71. The quantitative estimate of drug-likeness (QED) is 0.691. The lowest BCUT2D eigenvalue weighted by Crippen LogP contribution is -2.08. The van der Waals surface area contributed by atoms with Gasteiger partial charge in [-0.25, -0.2) is 0 Å². The number of benzene rings is 3. The Bertz CT molecular complexity index is 907. The Kier molecular flexibility index (Phi) is 3.35. The minimum Gasteiger partial charge on any atom is -0.497 e. The molecule has 4 rings (SSSR count). The van der Waals surface area contributed by atoms with E-state index in [-0.39, 0.29) is 5.12 Å². The molecule has 0 bridgehead atoms. The molecule has 3 aromatic carbocycles. The Morgan fingerprint density at radius 3 is 2.57 bits per heavy atom. The summed E-state index contributed by atoms with van der Waals surface area (Å²) in [7, 11) is 1.65. The van der Waals surface area contributed by atoms with Crippen molar-refractivity contribution in [3.8, 4) is 5.75 Å². The smallest absolute Gasteiger partial charge is 0.224 e. The van der Waals surface area contributed by atoms with Gasteiger partial charge in [0.25, 0.3) is 0 Å². The number of rotatable bonds is 4. The highest BCUT2D eigenvalue weighted by molar-refractivity contribution is 8.14. The number of ether oxygens (including phenoxy) is 1. The van der Waals surface area contributed by atoms with E-state index in [2.05, 4.69) is 10.9 Å². The van der Waals surface area contributed by atoms with Crippen molar-refractivity contribution in [2.45, 2.75) is 4.90 Å². The van der Waals surface area contributed by atoms with E-state index in [9.17, 15) is 4.79 Å². The Balaban J connectivity index is 1.65. The summed E-state index contributed by atoms with van der Waals surface area (Å²) in [6.07, 6.45) is 0. The van der Waals surface area contributed by atoms with Crippen LogP contribution in [0.15, 0.2) is 59.5 Å². The summed E-state index contributed by atoms with van der Waals surface area (Å²) in [6.45, 7) is 0. The van der Waals surface area contributed by atoms with Crippen molar-refractivity contribution in [3.05, 3.63) is 60.2 Å². The second-order valence-corrected chi connectivity index (χ2v) is 6.22. The third-order valence-corrected chi connectivity index (χ3v) is 4.82. The molecule has 0 atom stereocenters. The van der Waals surface area contributed by atoms with Crippen molar-refractivity contribution < 1.29 is 9.53 Å². The lowest BCUT2D eigenvalue weighted by molar-refractivity contribution is 0.109. The van der Waals surface area contributed by atoms with Gasteiger partial charge in [-0.3, -0.25) is 4.79 Å². The first-order chi connectivity index (χ1) is 11.3. The van der Waals surface area contributed by atoms with Crippen LogP contribution in [0.5, 0.6) is 5.75 Å². The van der Waals surface area contributed by atoms with E-state index in [1.807, 2.05) is 54.6 Å². The van der Waals surface area contributed by atoms with E-state index in [1.54, 1.807) is 7.11 Å². The van der Waals surface area contributed by atoms with Crippen LogP contribution in [0.4, 0.5) is 11.4 Å². The molecule has 4 nitrogen and oxygen atoms in total. The molecule has 0 saturated heterocycles.